The molecule has 7 heteroatoms. The maximum absolute atomic E-state index is 12.6. The zero-order chi connectivity index (χ0) is 20.7. The Hall–Kier alpha value is -2.67. The van der Waals surface area contributed by atoms with Gasteiger partial charge in [0.15, 0.2) is 11.5 Å². The number of benzene rings is 2. The molecule has 0 saturated carbocycles. The summed E-state index contributed by atoms with van der Waals surface area (Å²) in [5.41, 5.74) is 1.92. The van der Waals surface area contributed by atoms with Crippen LogP contribution >= 0.6 is 11.8 Å². The van der Waals surface area contributed by atoms with Crippen molar-refractivity contribution in [1.29, 1.82) is 0 Å². The number of hydrogen-bond donors (Lipinski definition) is 1. The number of carbonyl (C=O) groups excluding carboxylic acids is 2. The lowest BCUT2D eigenvalue weighted by Crippen LogP contribution is -2.23. The number of amides is 1. The summed E-state index contributed by atoms with van der Waals surface area (Å²) >= 11 is 1.42. The molecule has 1 atom stereocenters. The van der Waals surface area contributed by atoms with Gasteiger partial charge in [0.25, 0.3) is 0 Å². The third-order valence-corrected chi connectivity index (χ3v) is 5.13. The molecule has 0 heterocycles. The number of ether oxygens (including phenoxy) is 3. The van der Waals surface area contributed by atoms with Gasteiger partial charge in [0.1, 0.15) is 0 Å². The van der Waals surface area contributed by atoms with E-state index in [1.54, 1.807) is 39.3 Å². The van der Waals surface area contributed by atoms with Gasteiger partial charge in [-0.2, -0.15) is 0 Å². The average molecular weight is 404 g/mol. The second kappa shape index (κ2) is 10.0. The number of hydrogen-bond acceptors (Lipinski definition) is 6. The molecule has 0 aliphatic carbocycles. The molecule has 2 aromatic rings. The van der Waals surface area contributed by atoms with Crippen molar-refractivity contribution in [2.45, 2.75) is 30.9 Å². The van der Waals surface area contributed by atoms with Crippen molar-refractivity contribution in [3.8, 4) is 11.5 Å². The van der Waals surface area contributed by atoms with Crippen LogP contribution in [-0.2, 0) is 9.53 Å². The van der Waals surface area contributed by atoms with Crippen LogP contribution in [0.1, 0.15) is 29.8 Å². The van der Waals surface area contributed by atoms with E-state index in [-0.39, 0.29) is 17.1 Å². The van der Waals surface area contributed by atoms with E-state index >= 15 is 0 Å². The first-order chi connectivity index (χ1) is 13.4. The molecule has 0 fully saturated rings. The van der Waals surface area contributed by atoms with Crippen LogP contribution in [0.5, 0.6) is 11.5 Å². The first-order valence-electron chi connectivity index (χ1n) is 8.86. The normalized spacial score (nSPS) is 11.5. The van der Waals surface area contributed by atoms with Crippen molar-refractivity contribution >= 4 is 29.3 Å². The second-order valence-corrected chi connectivity index (χ2v) is 7.43. The van der Waals surface area contributed by atoms with Crippen LogP contribution in [-0.4, -0.2) is 38.0 Å². The van der Waals surface area contributed by atoms with Crippen LogP contribution in [0, 0.1) is 6.92 Å². The number of methoxy groups -OCH3 is 2. The highest BCUT2D eigenvalue weighted by Gasteiger charge is 2.17. The van der Waals surface area contributed by atoms with Crippen LogP contribution in [0.4, 0.5) is 5.69 Å². The number of carbonyl (C=O) groups is 2. The number of thioether (sulfide) groups is 1. The Morgan fingerprint density at radius 3 is 2.39 bits per heavy atom. The van der Waals surface area contributed by atoms with Gasteiger partial charge in [-0.1, -0.05) is 0 Å². The topological polar surface area (TPSA) is 73.9 Å². The van der Waals surface area contributed by atoms with Gasteiger partial charge in [0.2, 0.25) is 5.91 Å². The van der Waals surface area contributed by atoms with Gasteiger partial charge in [-0.15, -0.1) is 11.8 Å². The monoisotopic (exact) mass is 403 g/mol. The summed E-state index contributed by atoms with van der Waals surface area (Å²) in [6.45, 7) is 5.75. The average Bonchev–Trinajstić information content (AvgIpc) is 2.69. The fourth-order valence-electron chi connectivity index (χ4n) is 2.53. The largest absolute Gasteiger partial charge is 0.493 e. The number of nitrogens with one attached hydrogen (secondary N) is 1. The molecule has 0 aliphatic heterocycles. The molecule has 2 aromatic carbocycles. The number of anilines is 1. The molecule has 2 rings (SSSR count). The molecule has 0 bridgehead atoms. The van der Waals surface area contributed by atoms with Gasteiger partial charge in [0, 0.05) is 10.6 Å². The summed E-state index contributed by atoms with van der Waals surface area (Å²) in [6.07, 6.45) is 0. The van der Waals surface area contributed by atoms with E-state index in [9.17, 15) is 9.59 Å². The maximum Gasteiger partial charge on any atom is 0.338 e. The van der Waals surface area contributed by atoms with E-state index in [4.69, 9.17) is 14.2 Å². The molecule has 0 spiro atoms. The van der Waals surface area contributed by atoms with E-state index in [0.29, 0.717) is 29.4 Å². The summed E-state index contributed by atoms with van der Waals surface area (Å²) in [5.74, 6) is 0.749. The highest BCUT2D eigenvalue weighted by Crippen LogP contribution is 2.33. The highest BCUT2D eigenvalue weighted by molar-refractivity contribution is 8.00. The summed E-state index contributed by atoms with van der Waals surface area (Å²) in [7, 11) is 3.15. The van der Waals surface area contributed by atoms with E-state index in [1.807, 2.05) is 32.0 Å². The molecule has 0 radical (unpaired) electrons. The summed E-state index contributed by atoms with van der Waals surface area (Å²) in [5, 5.41) is 2.58. The maximum atomic E-state index is 12.6. The van der Waals surface area contributed by atoms with Crippen LogP contribution in [0.15, 0.2) is 41.3 Å². The summed E-state index contributed by atoms with van der Waals surface area (Å²) in [4.78, 5) is 25.3. The summed E-state index contributed by atoms with van der Waals surface area (Å²) in [6, 6.07) is 10.6. The lowest BCUT2D eigenvalue weighted by atomic mass is 10.1. The first kappa shape index (κ1) is 21.6. The van der Waals surface area contributed by atoms with Crippen molar-refractivity contribution in [2.24, 2.45) is 0 Å². The molecule has 0 saturated heterocycles. The molecular weight excluding hydrogens is 378 g/mol. The fourth-order valence-corrected chi connectivity index (χ4v) is 3.42. The van der Waals surface area contributed by atoms with E-state index in [2.05, 4.69) is 5.32 Å². The zero-order valence-corrected chi connectivity index (χ0v) is 17.5. The van der Waals surface area contributed by atoms with Gasteiger partial charge in [-0.3, -0.25) is 4.79 Å². The molecule has 0 unspecified atom stereocenters. The molecular formula is C21H25NO5S. The minimum atomic E-state index is -0.374. The Morgan fingerprint density at radius 1 is 1.07 bits per heavy atom. The van der Waals surface area contributed by atoms with Crippen molar-refractivity contribution < 1.29 is 23.8 Å². The van der Waals surface area contributed by atoms with Crippen LogP contribution in [0.3, 0.4) is 0 Å². The predicted octanol–water partition coefficient (Wildman–Crippen LogP) is 4.31. The summed E-state index contributed by atoms with van der Waals surface area (Å²) < 4.78 is 15.5. The van der Waals surface area contributed by atoms with Gasteiger partial charge in [-0.05, 0) is 62.7 Å². The Morgan fingerprint density at radius 2 is 1.79 bits per heavy atom. The molecule has 0 aliphatic rings. The van der Waals surface area contributed by atoms with Gasteiger partial charge in [-0.25, -0.2) is 4.79 Å². The first-order valence-corrected chi connectivity index (χ1v) is 9.74. The smallest absolute Gasteiger partial charge is 0.338 e. The quantitative estimate of drug-likeness (QED) is 0.523. The van der Waals surface area contributed by atoms with Crippen LogP contribution in [0.25, 0.3) is 0 Å². The van der Waals surface area contributed by atoms with Crippen molar-refractivity contribution in [3.05, 3.63) is 47.5 Å². The van der Waals surface area contributed by atoms with E-state index < -0.39 is 0 Å². The Labute approximate surface area is 169 Å². The fraction of sp³-hybridized carbons (Fsp3) is 0.333. The predicted molar refractivity (Wildman–Crippen MR) is 111 cm³/mol. The lowest BCUT2D eigenvalue weighted by Gasteiger charge is -2.15. The van der Waals surface area contributed by atoms with Gasteiger partial charge < -0.3 is 19.5 Å². The number of rotatable bonds is 8. The molecule has 28 heavy (non-hydrogen) atoms. The molecule has 1 amide bonds. The van der Waals surface area contributed by atoms with Crippen LogP contribution in [0.2, 0.25) is 0 Å². The Kier molecular flexibility index (Phi) is 7.75. The van der Waals surface area contributed by atoms with Gasteiger partial charge >= 0.3 is 5.97 Å². The molecule has 1 N–H and O–H groups in total. The number of esters is 1. The van der Waals surface area contributed by atoms with Crippen LogP contribution < -0.4 is 14.8 Å². The third-order valence-electron chi connectivity index (χ3n) is 4.03. The zero-order valence-electron chi connectivity index (χ0n) is 16.7. The second-order valence-electron chi connectivity index (χ2n) is 6.02. The molecule has 150 valence electrons. The minimum Gasteiger partial charge on any atom is -0.493 e. The number of aryl methyl sites for hydroxylation is 1. The van der Waals surface area contributed by atoms with E-state index in [0.717, 1.165) is 10.5 Å². The van der Waals surface area contributed by atoms with Crippen molar-refractivity contribution in [1.82, 2.24) is 0 Å². The Balaban J connectivity index is 2.05. The highest BCUT2D eigenvalue weighted by atomic mass is 32.2. The van der Waals surface area contributed by atoms with E-state index in [1.165, 1.54) is 11.8 Å². The van der Waals surface area contributed by atoms with Gasteiger partial charge in [0.05, 0.1) is 31.6 Å². The molecule has 6 nitrogen and oxygen atoms in total. The third kappa shape index (κ3) is 5.42. The van der Waals surface area contributed by atoms with Crippen molar-refractivity contribution in [2.75, 3.05) is 26.1 Å². The lowest BCUT2D eigenvalue weighted by molar-refractivity contribution is -0.115. The Bertz CT molecular complexity index is 853. The SMILES string of the molecule is CCOC(=O)c1ccc(NC(=O)[C@H](C)Sc2ccc(OC)c(OC)c2)c(C)c1. The standard InChI is InChI=1S/C21H25NO5S/c1-6-27-21(24)15-7-9-17(13(2)11-15)22-20(23)14(3)28-16-8-10-18(25-4)19(12-16)26-5/h7-12,14H,6H2,1-5H3,(H,22,23)/t14-/m0/s1. The van der Waals surface area contributed by atoms with Crippen molar-refractivity contribution in [3.63, 3.8) is 0 Å². The minimum absolute atomic E-state index is 0.133. The molecule has 0 aromatic heterocycles.